The average molecular weight is 522 g/mol. The molecule has 1 N–H and O–H groups in total. The first-order chi connectivity index (χ1) is 15.7. The van der Waals surface area contributed by atoms with Crippen LogP contribution in [0.5, 0.6) is 0 Å². The summed E-state index contributed by atoms with van der Waals surface area (Å²) in [4.78, 5) is 39.3. The van der Waals surface area contributed by atoms with Gasteiger partial charge in [0.05, 0.1) is 13.5 Å². The van der Waals surface area contributed by atoms with Gasteiger partial charge in [-0.25, -0.2) is 4.99 Å². The monoisotopic (exact) mass is 521 g/mol. The molecular formula is C25H36BrN3O4. The van der Waals surface area contributed by atoms with Crippen LogP contribution < -0.4 is 5.32 Å². The Kier molecular flexibility index (Phi) is 10.5. The summed E-state index contributed by atoms with van der Waals surface area (Å²) in [5.41, 5.74) is 2.25. The van der Waals surface area contributed by atoms with E-state index in [1.807, 2.05) is 4.90 Å². The topological polar surface area (TPSA) is 88.1 Å². The van der Waals surface area contributed by atoms with Crippen LogP contribution in [0.4, 0.5) is 0 Å². The quantitative estimate of drug-likeness (QED) is 0.318. The van der Waals surface area contributed by atoms with Crippen molar-refractivity contribution in [2.45, 2.75) is 65.0 Å². The number of ether oxygens (including phenoxy) is 1. The van der Waals surface area contributed by atoms with Crippen molar-refractivity contribution in [1.82, 2.24) is 10.2 Å². The van der Waals surface area contributed by atoms with E-state index in [1.54, 1.807) is 0 Å². The number of hydrogen-bond donors (Lipinski definition) is 1. The second kappa shape index (κ2) is 12.9. The van der Waals surface area contributed by atoms with Crippen LogP contribution in [0.15, 0.2) is 29.3 Å². The summed E-state index contributed by atoms with van der Waals surface area (Å²) >= 11 is 3.39. The lowest BCUT2D eigenvalue weighted by Crippen LogP contribution is -2.50. The van der Waals surface area contributed by atoms with E-state index < -0.39 is 0 Å². The molecule has 0 aromatic heterocycles. The Labute approximate surface area is 205 Å². The van der Waals surface area contributed by atoms with Gasteiger partial charge in [0, 0.05) is 13.1 Å². The molecule has 2 aliphatic rings. The molecule has 8 heteroatoms. The molecule has 1 spiro atoms. The molecule has 1 aromatic rings. The lowest BCUT2D eigenvalue weighted by atomic mass is 9.76. The number of hydrogen-bond acceptors (Lipinski definition) is 5. The fourth-order valence-corrected chi connectivity index (χ4v) is 4.93. The Morgan fingerprint density at radius 3 is 2.48 bits per heavy atom. The van der Waals surface area contributed by atoms with Crippen molar-refractivity contribution < 1.29 is 19.1 Å². The van der Waals surface area contributed by atoms with Gasteiger partial charge in [-0.2, -0.15) is 0 Å². The molecule has 1 fully saturated rings. The number of halogens is 1. The number of amides is 2. The number of carbonyl (C=O) groups is 3. The van der Waals surface area contributed by atoms with Crippen molar-refractivity contribution in [1.29, 1.82) is 0 Å². The maximum Gasteiger partial charge on any atom is 0.307 e. The highest BCUT2D eigenvalue weighted by Crippen LogP contribution is 2.43. The first-order valence-corrected chi connectivity index (χ1v) is 12.4. The van der Waals surface area contributed by atoms with E-state index in [4.69, 9.17) is 4.99 Å². The van der Waals surface area contributed by atoms with Crippen molar-refractivity contribution in [3.63, 3.8) is 0 Å². The number of rotatable bonds is 8. The summed E-state index contributed by atoms with van der Waals surface area (Å²) in [6.07, 6.45) is 5.97. The van der Waals surface area contributed by atoms with Crippen LogP contribution in [0.25, 0.3) is 0 Å². The van der Waals surface area contributed by atoms with E-state index in [0.29, 0.717) is 23.5 Å². The summed E-state index contributed by atoms with van der Waals surface area (Å²) < 4.78 is 4.81. The Balaban J connectivity index is 0.000000365. The molecule has 182 valence electrons. The number of benzene rings is 1. The van der Waals surface area contributed by atoms with Crippen LogP contribution in [0.3, 0.4) is 0 Å². The zero-order valence-electron chi connectivity index (χ0n) is 20.1. The van der Waals surface area contributed by atoms with E-state index in [0.717, 1.165) is 44.6 Å². The van der Waals surface area contributed by atoms with Crippen molar-refractivity contribution in [3.8, 4) is 0 Å². The Hall–Kier alpha value is -2.22. The SMILES string of the molecule is COC(=O)CCNC=O.Cc1ccc(CCN2C(=O)C(Br)=NC23CCC(C(C)C)CC3)cc1. The highest BCUT2D eigenvalue weighted by atomic mass is 79.9. The summed E-state index contributed by atoms with van der Waals surface area (Å²) in [6, 6.07) is 8.59. The Bertz CT molecular complexity index is 831. The third-order valence-electron chi connectivity index (χ3n) is 6.53. The van der Waals surface area contributed by atoms with Crippen LogP contribution in [0, 0.1) is 18.8 Å². The van der Waals surface area contributed by atoms with Gasteiger partial charge in [0.1, 0.15) is 5.66 Å². The van der Waals surface area contributed by atoms with Gasteiger partial charge in [-0.15, -0.1) is 0 Å². The maximum absolute atomic E-state index is 12.6. The van der Waals surface area contributed by atoms with Crippen LogP contribution in [0.2, 0.25) is 0 Å². The smallest absolute Gasteiger partial charge is 0.307 e. The summed E-state index contributed by atoms with van der Waals surface area (Å²) in [7, 11) is 1.31. The summed E-state index contributed by atoms with van der Waals surface area (Å²) in [5.74, 6) is 1.22. The van der Waals surface area contributed by atoms with Gasteiger partial charge in [-0.05, 0) is 72.4 Å². The van der Waals surface area contributed by atoms with Gasteiger partial charge in [0.2, 0.25) is 6.41 Å². The van der Waals surface area contributed by atoms with Gasteiger partial charge in [0.25, 0.3) is 5.91 Å². The molecule has 0 bridgehead atoms. The fourth-order valence-electron chi connectivity index (χ4n) is 4.38. The van der Waals surface area contributed by atoms with Gasteiger partial charge in [0.15, 0.2) is 4.62 Å². The fraction of sp³-hybridized carbons (Fsp3) is 0.600. The van der Waals surface area contributed by atoms with Crippen molar-refractivity contribution in [2.75, 3.05) is 20.2 Å². The molecule has 33 heavy (non-hydrogen) atoms. The van der Waals surface area contributed by atoms with E-state index in [-0.39, 0.29) is 24.0 Å². The van der Waals surface area contributed by atoms with Crippen molar-refractivity contribution >= 4 is 38.8 Å². The Morgan fingerprint density at radius 1 is 1.30 bits per heavy atom. The van der Waals surface area contributed by atoms with E-state index in [1.165, 1.54) is 18.2 Å². The number of nitrogens with zero attached hydrogens (tertiary/aromatic N) is 2. The standard InChI is InChI=1S/C20H27BrN2O.C5H9NO3/c1-14(2)17-8-11-20(12-9-17)22-18(21)19(24)23(20)13-10-16-6-4-15(3)5-7-16;1-9-5(8)2-3-6-4-7/h4-7,14,17H,8-13H2,1-3H3;4H,2-3H2,1H3,(H,6,7). The highest BCUT2D eigenvalue weighted by molar-refractivity contribution is 9.19. The van der Waals surface area contributed by atoms with E-state index in [9.17, 15) is 14.4 Å². The number of esters is 1. The number of carbonyl (C=O) groups excluding carboxylic acids is 3. The van der Waals surface area contributed by atoms with Crippen molar-refractivity contribution in [3.05, 3.63) is 35.4 Å². The van der Waals surface area contributed by atoms with Crippen LogP contribution in [0.1, 0.15) is 57.1 Å². The minimum atomic E-state index is -0.315. The largest absolute Gasteiger partial charge is 0.469 e. The van der Waals surface area contributed by atoms with Crippen molar-refractivity contribution in [2.24, 2.45) is 16.8 Å². The zero-order valence-corrected chi connectivity index (χ0v) is 21.7. The molecular weight excluding hydrogens is 486 g/mol. The molecule has 1 saturated carbocycles. The van der Waals surface area contributed by atoms with Crippen LogP contribution in [-0.4, -0.2) is 53.7 Å². The lowest BCUT2D eigenvalue weighted by Gasteiger charge is -2.42. The van der Waals surface area contributed by atoms with Crippen LogP contribution in [-0.2, 0) is 25.5 Å². The first-order valence-electron chi connectivity index (χ1n) is 11.6. The molecule has 1 aliphatic carbocycles. The van der Waals surface area contributed by atoms with Crippen LogP contribution >= 0.6 is 15.9 Å². The molecule has 1 aliphatic heterocycles. The first kappa shape index (κ1) is 27.0. The minimum absolute atomic E-state index is 0.0603. The minimum Gasteiger partial charge on any atom is -0.469 e. The molecule has 2 amide bonds. The molecule has 3 rings (SSSR count). The molecule has 0 unspecified atom stereocenters. The second-order valence-corrected chi connectivity index (χ2v) is 9.81. The lowest BCUT2D eigenvalue weighted by molar-refractivity contribution is -0.140. The van der Waals surface area contributed by atoms with Gasteiger partial charge < -0.3 is 15.0 Å². The number of nitrogens with one attached hydrogen (secondary N) is 1. The van der Waals surface area contributed by atoms with Gasteiger partial charge in [-0.1, -0.05) is 43.7 Å². The number of methoxy groups -OCH3 is 1. The zero-order chi connectivity index (χ0) is 24.4. The third-order valence-corrected chi connectivity index (χ3v) is 7.05. The normalized spacial score (nSPS) is 22.0. The second-order valence-electron chi connectivity index (χ2n) is 9.06. The predicted octanol–water partition coefficient (Wildman–Crippen LogP) is 4.01. The average Bonchev–Trinajstić information content (AvgIpc) is 3.03. The molecule has 1 heterocycles. The molecule has 7 nitrogen and oxygen atoms in total. The summed E-state index contributed by atoms with van der Waals surface area (Å²) in [6.45, 7) is 7.79. The molecule has 0 atom stereocenters. The number of aliphatic imine (C=N–C) groups is 1. The van der Waals surface area contributed by atoms with E-state index in [2.05, 4.69) is 71.0 Å². The molecule has 1 aromatic carbocycles. The van der Waals surface area contributed by atoms with Gasteiger partial charge in [-0.3, -0.25) is 14.4 Å². The predicted molar refractivity (Wildman–Crippen MR) is 133 cm³/mol. The van der Waals surface area contributed by atoms with E-state index >= 15 is 0 Å². The highest BCUT2D eigenvalue weighted by Gasteiger charge is 2.48. The summed E-state index contributed by atoms with van der Waals surface area (Å²) in [5, 5.41) is 2.33. The van der Waals surface area contributed by atoms with Gasteiger partial charge >= 0.3 is 5.97 Å². The molecule has 0 radical (unpaired) electrons. The number of aryl methyl sites for hydroxylation is 1. The Morgan fingerprint density at radius 2 is 1.94 bits per heavy atom. The third kappa shape index (κ3) is 7.66. The maximum atomic E-state index is 12.6. The molecule has 0 saturated heterocycles.